The summed E-state index contributed by atoms with van der Waals surface area (Å²) >= 11 is 0. The minimum Gasteiger partial charge on any atom is -0.357 e. The molecule has 1 aromatic carbocycles. The maximum Gasteiger partial charge on any atom is 0.222 e. The van der Waals surface area contributed by atoms with Crippen molar-refractivity contribution in [3.63, 3.8) is 0 Å². The number of allylic oxidation sites excluding steroid dienone is 2. The Bertz CT molecular complexity index is 638. The normalized spacial score (nSPS) is 9.86. The molecule has 110 valence electrons. The zero-order valence-electron chi connectivity index (χ0n) is 13.3. The third kappa shape index (κ3) is 7.30. The average Bonchev–Trinajstić information content (AvgIpc) is 2.56. The summed E-state index contributed by atoms with van der Waals surface area (Å²) in [6, 6.07) is 10.0. The number of nitrogens with one attached hydrogen (secondary N) is 1. The molecule has 4 heteroatoms. The monoisotopic (exact) mass is 289 g/mol. The maximum absolute atomic E-state index is 5.33. The molecule has 0 aliphatic rings. The molecule has 0 atom stereocenters. The Morgan fingerprint density at radius 3 is 2.41 bits per heavy atom. The van der Waals surface area contributed by atoms with Crippen LogP contribution in [0.1, 0.15) is 25.8 Å². The second-order valence-electron chi connectivity index (χ2n) is 4.50. The summed E-state index contributed by atoms with van der Waals surface area (Å²) in [4.78, 5) is 7.70. The van der Waals surface area contributed by atoms with Gasteiger partial charge in [-0.25, -0.2) is 9.97 Å². The summed E-state index contributed by atoms with van der Waals surface area (Å²) in [5.41, 5.74) is 2.80. The summed E-state index contributed by atoms with van der Waals surface area (Å²) in [5.74, 6) is 6.81. The number of anilines is 1. The van der Waals surface area contributed by atoms with Crippen molar-refractivity contribution in [3.05, 3.63) is 59.9 Å². The van der Waals surface area contributed by atoms with Gasteiger partial charge < -0.3 is 5.32 Å². The highest BCUT2D eigenvalue weighted by atomic mass is 15.1. The number of rotatable bonds is 2. The van der Waals surface area contributed by atoms with Crippen LogP contribution in [-0.4, -0.2) is 24.9 Å². The van der Waals surface area contributed by atoms with Crippen molar-refractivity contribution in [1.82, 2.24) is 9.97 Å². The van der Waals surface area contributed by atoms with E-state index < -0.39 is 0 Å². The van der Waals surface area contributed by atoms with Crippen LogP contribution in [0.3, 0.4) is 0 Å². The van der Waals surface area contributed by atoms with Crippen molar-refractivity contribution in [2.45, 2.75) is 20.3 Å². The predicted molar refractivity (Wildman–Crippen MR) is 94.3 cm³/mol. The number of aromatic nitrogens is 2. The van der Waals surface area contributed by atoms with Gasteiger partial charge in [-0.05, 0) is 31.1 Å². The van der Waals surface area contributed by atoms with Crippen LogP contribution in [0.5, 0.6) is 0 Å². The van der Waals surface area contributed by atoms with Crippen LogP contribution in [0.2, 0.25) is 0 Å². The second-order valence-corrected chi connectivity index (χ2v) is 4.50. The van der Waals surface area contributed by atoms with E-state index in [0.29, 0.717) is 11.4 Å². The Kier molecular flexibility index (Phi) is 8.14. The van der Waals surface area contributed by atoms with Gasteiger partial charge in [0.05, 0.1) is 0 Å². The summed E-state index contributed by atoms with van der Waals surface area (Å²) in [6.07, 6.45) is 6.29. The molecule has 0 aliphatic carbocycles. The first kappa shape index (κ1) is 17.5. The standard InChI is InChI=1S/C13H14.C5H6BN3/c1-3-7-12(2)10-11-13-8-5-4-6-9-13;1-7-5-8-2-4(6)3-9-5/h4-9H,3H2,1-2H3;2-3H,1H3,(H,7,8,9)/b12-7+;. The van der Waals surface area contributed by atoms with Gasteiger partial charge in [0.25, 0.3) is 0 Å². The van der Waals surface area contributed by atoms with Gasteiger partial charge in [-0.15, -0.1) is 0 Å². The van der Waals surface area contributed by atoms with Crippen molar-refractivity contribution in [2.24, 2.45) is 0 Å². The minimum absolute atomic E-state index is 0.578. The molecule has 0 aliphatic heterocycles. The summed E-state index contributed by atoms with van der Waals surface area (Å²) in [6.45, 7) is 4.16. The molecule has 0 spiro atoms. The molecule has 1 N–H and O–H groups in total. The van der Waals surface area contributed by atoms with Gasteiger partial charge in [0.2, 0.25) is 5.95 Å². The SMILES string of the molecule is CC/C=C(\C)C#Cc1ccccc1.[B]c1cnc(NC)nc1. The Labute approximate surface area is 134 Å². The first-order valence-electron chi connectivity index (χ1n) is 7.14. The average molecular weight is 289 g/mol. The van der Waals surface area contributed by atoms with Crippen molar-refractivity contribution in [2.75, 3.05) is 12.4 Å². The highest BCUT2D eigenvalue weighted by Gasteiger charge is 1.86. The highest BCUT2D eigenvalue weighted by Crippen LogP contribution is 1.97. The van der Waals surface area contributed by atoms with E-state index in [-0.39, 0.29) is 0 Å². The van der Waals surface area contributed by atoms with E-state index in [0.717, 1.165) is 17.6 Å². The fraction of sp³-hybridized carbons (Fsp3) is 0.222. The highest BCUT2D eigenvalue weighted by molar-refractivity contribution is 6.31. The molecule has 0 bridgehead atoms. The van der Waals surface area contributed by atoms with Crippen molar-refractivity contribution in [3.8, 4) is 11.8 Å². The molecule has 2 aromatic rings. The van der Waals surface area contributed by atoms with E-state index in [9.17, 15) is 0 Å². The summed E-state index contributed by atoms with van der Waals surface area (Å²) in [7, 11) is 7.08. The summed E-state index contributed by atoms with van der Waals surface area (Å²) in [5, 5.41) is 2.78. The quantitative estimate of drug-likeness (QED) is 0.682. The lowest BCUT2D eigenvalue weighted by atomic mass is 10.0. The maximum atomic E-state index is 5.33. The molecule has 22 heavy (non-hydrogen) atoms. The first-order chi connectivity index (χ1) is 10.7. The van der Waals surface area contributed by atoms with E-state index in [1.807, 2.05) is 37.3 Å². The Morgan fingerprint density at radius 1 is 1.23 bits per heavy atom. The van der Waals surface area contributed by atoms with Crippen LogP contribution in [0.4, 0.5) is 5.95 Å². The smallest absolute Gasteiger partial charge is 0.222 e. The number of benzene rings is 1. The lowest BCUT2D eigenvalue weighted by Crippen LogP contribution is -2.06. The van der Waals surface area contributed by atoms with E-state index in [2.05, 4.69) is 40.1 Å². The molecule has 0 saturated heterocycles. The number of hydrogen-bond acceptors (Lipinski definition) is 3. The van der Waals surface area contributed by atoms with Gasteiger partial charge in [0, 0.05) is 25.0 Å². The van der Waals surface area contributed by atoms with E-state index >= 15 is 0 Å². The van der Waals surface area contributed by atoms with Gasteiger partial charge in [0.1, 0.15) is 7.85 Å². The first-order valence-corrected chi connectivity index (χ1v) is 7.14. The van der Waals surface area contributed by atoms with Crippen molar-refractivity contribution >= 4 is 19.3 Å². The fourth-order valence-electron chi connectivity index (χ4n) is 1.52. The van der Waals surface area contributed by atoms with E-state index in [4.69, 9.17) is 7.85 Å². The zero-order chi connectivity index (χ0) is 16.2. The molecule has 0 fully saturated rings. The topological polar surface area (TPSA) is 37.8 Å². The van der Waals surface area contributed by atoms with Crippen LogP contribution in [0, 0.1) is 11.8 Å². The van der Waals surface area contributed by atoms with Crippen molar-refractivity contribution < 1.29 is 0 Å². The van der Waals surface area contributed by atoms with E-state index in [1.54, 1.807) is 19.4 Å². The van der Waals surface area contributed by atoms with Gasteiger partial charge in [-0.3, -0.25) is 0 Å². The fourth-order valence-corrected chi connectivity index (χ4v) is 1.52. The Morgan fingerprint density at radius 2 is 1.86 bits per heavy atom. The lowest BCUT2D eigenvalue weighted by Gasteiger charge is -1.95. The van der Waals surface area contributed by atoms with E-state index in [1.165, 1.54) is 0 Å². The van der Waals surface area contributed by atoms with Crippen LogP contribution < -0.4 is 10.8 Å². The van der Waals surface area contributed by atoms with Gasteiger partial charge >= 0.3 is 0 Å². The summed E-state index contributed by atoms with van der Waals surface area (Å²) < 4.78 is 0. The van der Waals surface area contributed by atoms with Gasteiger partial charge in [-0.2, -0.15) is 0 Å². The number of nitrogens with zero attached hydrogens (tertiary/aromatic N) is 2. The van der Waals surface area contributed by atoms with Crippen LogP contribution in [0.15, 0.2) is 54.4 Å². The molecule has 0 saturated carbocycles. The third-order valence-electron chi connectivity index (χ3n) is 2.58. The molecule has 2 rings (SSSR count). The number of hydrogen-bond donors (Lipinski definition) is 1. The van der Waals surface area contributed by atoms with Crippen LogP contribution in [-0.2, 0) is 0 Å². The minimum atomic E-state index is 0.578. The Hall–Kier alpha value is -2.54. The molecular weight excluding hydrogens is 269 g/mol. The second kappa shape index (κ2) is 10.2. The molecular formula is C18H20BN3. The molecule has 2 radical (unpaired) electrons. The molecule has 0 amide bonds. The molecule has 3 nitrogen and oxygen atoms in total. The zero-order valence-corrected chi connectivity index (χ0v) is 13.3. The molecule has 0 unspecified atom stereocenters. The Balaban J connectivity index is 0.000000235. The predicted octanol–water partition coefficient (Wildman–Crippen LogP) is 2.71. The lowest BCUT2D eigenvalue weighted by molar-refractivity contribution is 1.16. The third-order valence-corrected chi connectivity index (χ3v) is 2.58. The largest absolute Gasteiger partial charge is 0.357 e. The van der Waals surface area contributed by atoms with Gasteiger partial charge in [0.15, 0.2) is 0 Å². The van der Waals surface area contributed by atoms with Gasteiger partial charge in [-0.1, -0.05) is 48.5 Å². The van der Waals surface area contributed by atoms with Crippen LogP contribution >= 0.6 is 0 Å². The molecule has 1 aromatic heterocycles. The van der Waals surface area contributed by atoms with Crippen molar-refractivity contribution in [1.29, 1.82) is 0 Å². The molecule has 1 heterocycles. The van der Waals surface area contributed by atoms with Crippen LogP contribution in [0.25, 0.3) is 0 Å².